The summed E-state index contributed by atoms with van der Waals surface area (Å²) < 4.78 is 5.24. The van der Waals surface area contributed by atoms with Crippen LogP contribution in [0.5, 0.6) is 5.75 Å². The third-order valence-electron chi connectivity index (χ3n) is 3.12. The second kappa shape index (κ2) is 9.37. The van der Waals surface area contributed by atoms with Gasteiger partial charge in [-0.05, 0) is 38.1 Å². The monoisotopic (exact) mass is 278 g/mol. The second-order valence-electron chi connectivity index (χ2n) is 4.88. The SMILES string of the molecule is CCCCN(CCC)CC(=O)Nc1ccccc1OC. The van der Waals surface area contributed by atoms with Crippen LogP contribution in [-0.2, 0) is 4.79 Å². The van der Waals surface area contributed by atoms with Gasteiger partial charge in [-0.2, -0.15) is 0 Å². The highest BCUT2D eigenvalue weighted by molar-refractivity contribution is 5.93. The smallest absolute Gasteiger partial charge is 0.238 e. The van der Waals surface area contributed by atoms with Gasteiger partial charge in [0.15, 0.2) is 0 Å². The molecule has 20 heavy (non-hydrogen) atoms. The number of carbonyl (C=O) groups is 1. The lowest BCUT2D eigenvalue weighted by Crippen LogP contribution is -2.34. The van der Waals surface area contributed by atoms with Crippen LogP contribution in [0, 0.1) is 0 Å². The molecule has 0 atom stereocenters. The van der Waals surface area contributed by atoms with Crippen molar-refractivity contribution >= 4 is 11.6 Å². The maximum atomic E-state index is 12.1. The van der Waals surface area contributed by atoms with Gasteiger partial charge in [0.1, 0.15) is 5.75 Å². The minimum atomic E-state index is 0.0130. The third kappa shape index (κ3) is 5.61. The van der Waals surface area contributed by atoms with Gasteiger partial charge in [-0.15, -0.1) is 0 Å². The number of amides is 1. The number of para-hydroxylation sites is 2. The zero-order valence-corrected chi connectivity index (χ0v) is 12.8. The molecule has 0 unspecified atom stereocenters. The lowest BCUT2D eigenvalue weighted by atomic mass is 10.2. The summed E-state index contributed by atoms with van der Waals surface area (Å²) in [6, 6.07) is 7.47. The minimum Gasteiger partial charge on any atom is -0.495 e. The Hall–Kier alpha value is -1.55. The Morgan fingerprint density at radius 3 is 2.60 bits per heavy atom. The van der Waals surface area contributed by atoms with Crippen molar-refractivity contribution in [3.8, 4) is 5.75 Å². The van der Waals surface area contributed by atoms with E-state index in [0.717, 1.165) is 38.0 Å². The van der Waals surface area contributed by atoms with E-state index in [-0.39, 0.29) is 5.91 Å². The first-order valence-corrected chi connectivity index (χ1v) is 7.36. The quantitative estimate of drug-likeness (QED) is 0.754. The van der Waals surface area contributed by atoms with Crippen LogP contribution in [0.2, 0.25) is 0 Å². The fourth-order valence-corrected chi connectivity index (χ4v) is 2.11. The molecule has 1 aromatic rings. The van der Waals surface area contributed by atoms with Crippen LogP contribution in [0.15, 0.2) is 24.3 Å². The second-order valence-corrected chi connectivity index (χ2v) is 4.88. The lowest BCUT2D eigenvalue weighted by molar-refractivity contribution is -0.117. The average molecular weight is 278 g/mol. The molecule has 0 radical (unpaired) electrons. The largest absolute Gasteiger partial charge is 0.495 e. The van der Waals surface area contributed by atoms with Crippen LogP contribution in [0.1, 0.15) is 33.1 Å². The Labute approximate surface area is 122 Å². The summed E-state index contributed by atoms with van der Waals surface area (Å²) in [4.78, 5) is 14.3. The lowest BCUT2D eigenvalue weighted by Gasteiger charge is -2.21. The van der Waals surface area contributed by atoms with Crippen LogP contribution >= 0.6 is 0 Å². The van der Waals surface area contributed by atoms with E-state index < -0.39 is 0 Å². The molecule has 4 nitrogen and oxygen atoms in total. The van der Waals surface area contributed by atoms with Gasteiger partial charge in [0.2, 0.25) is 5.91 Å². The molecule has 0 heterocycles. The molecule has 1 aromatic carbocycles. The molecule has 112 valence electrons. The van der Waals surface area contributed by atoms with Gasteiger partial charge in [0.05, 0.1) is 19.3 Å². The molecule has 0 aliphatic carbocycles. The number of benzene rings is 1. The Morgan fingerprint density at radius 2 is 1.95 bits per heavy atom. The average Bonchev–Trinajstić information content (AvgIpc) is 2.45. The molecule has 0 fully saturated rings. The van der Waals surface area contributed by atoms with E-state index in [0.29, 0.717) is 12.3 Å². The zero-order valence-electron chi connectivity index (χ0n) is 12.8. The summed E-state index contributed by atoms with van der Waals surface area (Å²) in [6.07, 6.45) is 3.34. The molecule has 0 aromatic heterocycles. The Balaban J connectivity index is 2.56. The van der Waals surface area contributed by atoms with E-state index in [2.05, 4.69) is 24.1 Å². The summed E-state index contributed by atoms with van der Waals surface area (Å²) in [6.45, 7) is 6.67. The fraction of sp³-hybridized carbons (Fsp3) is 0.562. The summed E-state index contributed by atoms with van der Waals surface area (Å²) in [5.41, 5.74) is 0.729. The topological polar surface area (TPSA) is 41.6 Å². The molecular weight excluding hydrogens is 252 g/mol. The number of hydrogen-bond acceptors (Lipinski definition) is 3. The van der Waals surface area contributed by atoms with Gasteiger partial charge in [-0.25, -0.2) is 0 Å². The highest BCUT2D eigenvalue weighted by Crippen LogP contribution is 2.22. The maximum absolute atomic E-state index is 12.1. The summed E-state index contributed by atoms with van der Waals surface area (Å²) >= 11 is 0. The van der Waals surface area contributed by atoms with Crippen molar-refractivity contribution < 1.29 is 9.53 Å². The first kappa shape index (κ1) is 16.5. The minimum absolute atomic E-state index is 0.0130. The van der Waals surface area contributed by atoms with Crippen LogP contribution < -0.4 is 10.1 Å². The molecule has 1 rings (SSSR count). The van der Waals surface area contributed by atoms with Crippen molar-refractivity contribution in [1.29, 1.82) is 0 Å². The highest BCUT2D eigenvalue weighted by atomic mass is 16.5. The number of nitrogens with zero attached hydrogens (tertiary/aromatic N) is 1. The summed E-state index contributed by atoms with van der Waals surface area (Å²) in [5, 5.41) is 2.92. The molecular formula is C16H26N2O2. The number of unbranched alkanes of at least 4 members (excludes halogenated alkanes) is 1. The van der Waals surface area contributed by atoms with Gasteiger partial charge in [-0.1, -0.05) is 32.4 Å². The van der Waals surface area contributed by atoms with E-state index in [4.69, 9.17) is 4.74 Å². The number of carbonyl (C=O) groups excluding carboxylic acids is 1. The molecule has 1 N–H and O–H groups in total. The number of hydrogen-bond donors (Lipinski definition) is 1. The van der Waals surface area contributed by atoms with E-state index in [1.807, 2.05) is 24.3 Å². The molecule has 0 aliphatic heterocycles. The van der Waals surface area contributed by atoms with Crippen LogP contribution in [0.4, 0.5) is 5.69 Å². The third-order valence-corrected chi connectivity index (χ3v) is 3.12. The van der Waals surface area contributed by atoms with Crippen molar-refractivity contribution in [3.05, 3.63) is 24.3 Å². The predicted molar refractivity (Wildman–Crippen MR) is 83.3 cm³/mol. The number of nitrogens with one attached hydrogen (secondary N) is 1. The Kier molecular flexibility index (Phi) is 7.73. The van der Waals surface area contributed by atoms with Crippen molar-refractivity contribution in [2.24, 2.45) is 0 Å². The van der Waals surface area contributed by atoms with E-state index in [1.165, 1.54) is 0 Å². The van der Waals surface area contributed by atoms with Gasteiger partial charge >= 0.3 is 0 Å². The predicted octanol–water partition coefficient (Wildman–Crippen LogP) is 3.15. The Bertz CT molecular complexity index is 407. The van der Waals surface area contributed by atoms with Crippen LogP contribution in [0.25, 0.3) is 0 Å². The van der Waals surface area contributed by atoms with Gasteiger partial charge in [0.25, 0.3) is 0 Å². The number of anilines is 1. The zero-order chi connectivity index (χ0) is 14.8. The molecule has 4 heteroatoms. The first-order valence-electron chi connectivity index (χ1n) is 7.36. The van der Waals surface area contributed by atoms with Crippen LogP contribution in [0.3, 0.4) is 0 Å². The molecule has 0 bridgehead atoms. The van der Waals surface area contributed by atoms with E-state index in [9.17, 15) is 4.79 Å². The van der Waals surface area contributed by atoms with Gasteiger partial charge in [0, 0.05) is 0 Å². The van der Waals surface area contributed by atoms with Crippen LogP contribution in [-0.4, -0.2) is 37.6 Å². The summed E-state index contributed by atoms with van der Waals surface area (Å²) in [5.74, 6) is 0.704. The van der Waals surface area contributed by atoms with Gasteiger partial charge in [-0.3, -0.25) is 9.69 Å². The highest BCUT2D eigenvalue weighted by Gasteiger charge is 2.11. The fourth-order valence-electron chi connectivity index (χ4n) is 2.11. The van der Waals surface area contributed by atoms with Crippen molar-refractivity contribution in [2.75, 3.05) is 32.1 Å². The molecule has 1 amide bonds. The molecule has 0 saturated carbocycles. The van der Waals surface area contributed by atoms with Crippen molar-refractivity contribution in [3.63, 3.8) is 0 Å². The van der Waals surface area contributed by atoms with E-state index in [1.54, 1.807) is 7.11 Å². The number of rotatable bonds is 9. The van der Waals surface area contributed by atoms with Gasteiger partial charge < -0.3 is 10.1 Å². The molecule has 0 saturated heterocycles. The van der Waals surface area contributed by atoms with E-state index >= 15 is 0 Å². The number of ether oxygens (including phenoxy) is 1. The van der Waals surface area contributed by atoms with Crippen molar-refractivity contribution in [1.82, 2.24) is 4.90 Å². The molecule has 0 spiro atoms. The summed E-state index contributed by atoms with van der Waals surface area (Å²) in [7, 11) is 1.61. The Morgan fingerprint density at radius 1 is 1.20 bits per heavy atom. The maximum Gasteiger partial charge on any atom is 0.238 e. The number of methoxy groups -OCH3 is 1. The standard InChI is InChI=1S/C16H26N2O2/c1-4-6-12-18(11-5-2)13-16(19)17-14-9-7-8-10-15(14)20-3/h7-10H,4-6,11-13H2,1-3H3,(H,17,19). The van der Waals surface area contributed by atoms with Crippen molar-refractivity contribution in [2.45, 2.75) is 33.1 Å². The first-order chi connectivity index (χ1) is 9.71. The normalized spacial score (nSPS) is 10.6. The molecule has 0 aliphatic rings.